The van der Waals surface area contributed by atoms with Crippen LogP contribution in [0.5, 0.6) is 0 Å². The van der Waals surface area contributed by atoms with Gasteiger partial charge in [0, 0.05) is 6.04 Å². The molecule has 0 bridgehead atoms. The van der Waals surface area contributed by atoms with E-state index in [9.17, 15) is 14.0 Å². The first kappa shape index (κ1) is 18.3. The summed E-state index contributed by atoms with van der Waals surface area (Å²) >= 11 is 0. The van der Waals surface area contributed by atoms with Crippen molar-refractivity contribution in [2.45, 2.75) is 19.4 Å². The Bertz CT molecular complexity index is 457. The molecular weight excluding hydrogens is 285 g/mol. The van der Waals surface area contributed by atoms with Gasteiger partial charge in [-0.25, -0.2) is 4.39 Å². The third kappa shape index (κ3) is 6.49. The number of nitrogens with one attached hydrogen (secondary N) is 2. The minimum Gasteiger partial charge on any atom is -0.352 e. The number of amides is 2. The summed E-state index contributed by atoms with van der Waals surface area (Å²) < 4.78 is 13.4. The predicted octanol–water partition coefficient (Wildman–Crippen LogP) is 0.370. The van der Waals surface area contributed by atoms with Crippen LogP contribution in [0.25, 0.3) is 0 Å². The Morgan fingerprint density at radius 2 is 1.95 bits per heavy atom. The number of benzene rings is 1. The van der Waals surface area contributed by atoms with Crippen LogP contribution < -0.4 is 16.4 Å². The quantitative estimate of drug-likeness (QED) is 0.710. The van der Waals surface area contributed by atoms with Crippen molar-refractivity contribution in [3.63, 3.8) is 0 Å². The van der Waals surface area contributed by atoms with Crippen molar-refractivity contribution in [3.05, 3.63) is 35.6 Å². The van der Waals surface area contributed by atoms with Crippen LogP contribution >= 0.6 is 12.4 Å². The summed E-state index contributed by atoms with van der Waals surface area (Å²) in [6, 6.07) is 6.19. The minimum atomic E-state index is -0.392. The second-order valence-corrected chi connectivity index (χ2v) is 4.24. The highest BCUT2D eigenvalue weighted by Gasteiger charge is 2.11. The third-order valence-corrected chi connectivity index (χ3v) is 2.52. The molecular formula is C13H19ClFN3O2. The van der Waals surface area contributed by atoms with Crippen LogP contribution in [0.2, 0.25) is 0 Å². The third-order valence-electron chi connectivity index (χ3n) is 2.52. The Labute approximate surface area is 123 Å². The highest BCUT2D eigenvalue weighted by molar-refractivity contribution is 5.85. The maximum Gasteiger partial charge on any atom is 0.239 e. The molecule has 0 aromatic heterocycles. The van der Waals surface area contributed by atoms with Crippen LogP contribution in [-0.4, -0.2) is 30.9 Å². The van der Waals surface area contributed by atoms with Gasteiger partial charge in [0.2, 0.25) is 11.8 Å². The van der Waals surface area contributed by atoms with Gasteiger partial charge in [-0.3, -0.25) is 9.59 Å². The lowest BCUT2D eigenvalue weighted by molar-refractivity contribution is -0.125. The van der Waals surface area contributed by atoms with Crippen molar-refractivity contribution < 1.29 is 14.0 Å². The van der Waals surface area contributed by atoms with E-state index in [2.05, 4.69) is 10.6 Å². The number of carbonyl (C=O) groups is 2. The molecule has 0 saturated heterocycles. The molecule has 0 heterocycles. The van der Waals surface area contributed by atoms with E-state index < -0.39 is 5.91 Å². The van der Waals surface area contributed by atoms with Crippen LogP contribution in [0.4, 0.5) is 4.39 Å². The minimum absolute atomic E-state index is 0. The van der Waals surface area contributed by atoms with E-state index in [4.69, 9.17) is 5.73 Å². The molecule has 5 nitrogen and oxygen atoms in total. The van der Waals surface area contributed by atoms with Gasteiger partial charge in [0.15, 0.2) is 0 Å². The summed E-state index contributed by atoms with van der Waals surface area (Å²) in [7, 11) is 0. The van der Waals surface area contributed by atoms with Crippen molar-refractivity contribution in [2.75, 3.05) is 13.1 Å². The highest BCUT2D eigenvalue weighted by atomic mass is 35.5. The topological polar surface area (TPSA) is 84.2 Å². The molecule has 4 N–H and O–H groups in total. The van der Waals surface area contributed by atoms with E-state index in [1.807, 2.05) is 0 Å². The van der Waals surface area contributed by atoms with Gasteiger partial charge >= 0.3 is 0 Å². The van der Waals surface area contributed by atoms with Crippen molar-refractivity contribution in [1.82, 2.24) is 10.6 Å². The monoisotopic (exact) mass is 303 g/mol. The average molecular weight is 304 g/mol. The maximum atomic E-state index is 13.4. The second-order valence-electron chi connectivity index (χ2n) is 4.24. The zero-order valence-corrected chi connectivity index (χ0v) is 12.0. The van der Waals surface area contributed by atoms with Crippen LogP contribution in [0.15, 0.2) is 24.3 Å². The molecule has 1 aromatic rings. The van der Waals surface area contributed by atoms with Gasteiger partial charge in [-0.1, -0.05) is 18.2 Å². The molecule has 0 spiro atoms. The fourth-order valence-corrected chi connectivity index (χ4v) is 1.62. The van der Waals surface area contributed by atoms with Crippen LogP contribution in [0, 0.1) is 5.82 Å². The number of rotatable bonds is 6. The zero-order chi connectivity index (χ0) is 14.3. The molecule has 0 fully saturated rings. The smallest absolute Gasteiger partial charge is 0.239 e. The van der Waals surface area contributed by atoms with Gasteiger partial charge in [0.1, 0.15) is 5.82 Å². The van der Waals surface area contributed by atoms with Gasteiger partial charge in [-0.15, -0.1) is 12.4 Å². The lowest BCUT2D eigenvalue weighted by Crippen LogP contribution is -2.43. The zero-order valence-electron chi connectivity index (χ0n) is 11.2. The summed E-state index contributed by atoms with van der Waals surface area (Å²) in [5, 5.41) is 5.04. The summed E-state index contributed by atoms with van der Waals surface area (Å²) in [6.45, 7) is 1.49. The fourth-order valence-electron chi connectivity index (χ4n) is 1.62. The summed E-state index contributed by atoms with van der Waals surface area (Å²) in [5.41, 5.74) is 5.64. The van der Waals surface area contributed by atoms with E-state index in [0.717, 1.165) is 0 Å². The number of hydrogen-bond donors (Lipinski definition) is 3. The number of nitrogens with two attached hydrogens (primary N) is 1. The number of hydrogen-bond acceptors (Lipinski definition) is 3. The lowest BCUT2D eigenvalue weighted by Gasteiger charge is -2.14. The Hall–Kier alpha value is -1.66. The molecule has 7 heteroatoms. The molecule has 0 aliphatic heterocycles. The molecule has 1 aromatic carbocycles. The number of halogens is 2. The maximum absolute atomic E-state index is 13.4. The van der Waals surface area contributed by atoms with E-state index in [1.165, 1.54) is 6.07 Å². The summed E-state index contributed by atoms with van der Waals surface area (Å²) in [4.78, 5) is 22.4. The molecule has 112 valence electrons. The molecule has 20 heavy (non-hydrogen) atoms. The van der Waals surface area contributed by atoms with Gasteiger partial charge < -0.3 is 16.4 Å². The van der Waals surface area contributed by atoms with Crippen LogP contribution in [0.3, 0.4) is 0 Å². The molecule has 0 aliphatic rings. The first-order valence-corrected chi connectivity index (χ1v) is 6.02. The van der Waals surface area contributed by atoms with Gasteiger partial charge in [0.05, 0.1) is 13.1 Å². The molecule has 1 atom stereocenters. The Balaban J connectivity index is 0.00000361. The Morgan fingerprint density at radius 3 is 2.55 bits per heavy atom. The highest BCUT2D eigenvalue weighted by Crippen LogP contribution is 2.08. The Morgan fingerprint density at radius 1 is 1.30 bits per heavy atom. The van der Waals surface area contributed by atoms with Gasteiger partial charge in [0.25, 0.3) is 0 Å². The van der Waals surface area contributed by atoms with E-state index in [0.29, 0.717) is 12.0 Å². The molecule has 1 rings (SSSR count). The molecule has 0 saturated carbocycles. The fraction of sp³-hybridized carbons (Fsp3) is 0.385. The summed E-state index contributed by atoms with van der Waals surface area (Å²) in [6.07, 6.45) is 0.392. The van der Waals surface area contributed by atoms with Crippen molar-refractivity contribution in [2.24, 2.45) is 5.73 Å². The van der Waals surface area contributed by atoms with Crippen LogP contribution in [-0.2, 0) is 16.0 Å². The van der Waals surface area contributed by atoms with E-state index in [1.54, 1.807) is 25.1 Å². The largest absolute Gasteiger partial charge is 0.352 e. The van der Waals surface area contributed by atoms with Crippen molar-refractivity contribution in [3.8, 4) is 0 Å². The Kier molecular flexibility index (Phi) is 8.51. The molecule has 1 unspecified atom stereocenters. The standard InChI is InChI=1S/C13H18FN3O2.ClH/c1-9(6-10-4-2-3-5-11(10)14)17-13(19)8-16-12(18)7-15;/h2-5,9H,6-8,15H2,1H3,(H,16,18)(H,17,19);1H. The molecule has 0 aliphatic carbocycles. The predicted molar refractivity (Wildman–Crippen MR) is 77.0 cm³/mol. The summed E-state index contributed by atoms with van der Waals surface area (Å²) in [5.74, 6) is -1.01. The lowest BCUT2D eigenvalue weighted by atomic mass is 10.1. The first-order chi connectivity index (χ1) is 9.02. The van der Waals surface area contributed by atoms with Crippen molar-refractivity contribution >= 4 is 24.2 Å². The number of carbonyl (C=O) groups excluding carboxylic acids is 2. The average Bonchev–Trinajstić information content (AvgIpc) is 2.38. The second kappa shape index (κ2) is 9.28. The first-order valence-electron chi connectivity index (χ1n) is 6.02. The van der Waals surface area contributed by atoms with Gasteiger partial charge in [-0.05, 0) is 25.0 Å². The van der Waals surface area contributed by atoms with Crippen LogP contribution in [0.1, 0.15) is 12.5 Å². The van der Waals surface area contributed by atoms with E-state index >= 15 is 0 Å². The SMILES string of the molecule is CC(Cc1ccccc1F)NC(=O)CNC(=O)CN.Cl. The van der Waals surface area contributed by atoms with Gasteiger partial charge in [-0.2, -0.15) is 0 Å². The normalized spacial score (nSPS) is 11.2. The van der Waals surface area contributed by atoms with E-state index in [-0.39, 0.29) is 43.3 Å². The molecule has 0 radical (unpaired) electrons. The molecule has 2 amide bonds. The van der Waals surface area contributed by atoms with Crippen molar-refractivity contribution in [1.29, 1.82) is 0 Å².